The predicted molar refractivity (Wildman–Crippen MR) is 64.6 cm³/mol. The van der Waals surface area contributed by atoms with Crippen molar-refractivity contribution in [2.45, 2.75) is 46.0 Å². The summed E-state index contributed by atoms with van der Waals surface area (Å²) >= 11 is 0. The topological polar surface area (TPSA) is 0 Å². The highest BCUT2D eigenvalue weighted by Gasteiger charge is 2.71. The second kappa shape index (κ2) is 2.48. The molecule has 2 fully saturated rings. The molecule has 80 valence electrons. The lowest BCUT2D eigenvalue weighted by atomic mass is 9.31. The van der Waals surface area contributed by atoms with Gasteiger partial charge in [-0.2, -0.15) is 0 Å². The van der Waals surface area contributed by atoms with Crippen molar-refractivity contribution in [1.82, 2.24) is 0 Å². The third-order valence-corrected chi connectivity index (χ3v) is 5.57. The molecule has 0 bridgehead atoms. The van der Waals surface area contributed by atoms with Gasteiger partial charge in [0.05, 0.1) is 0 Å². The minimum atomic E-state index is 0.366. The molecular weight excluding hydrogens is 180 g/mol. The van der Waals surface area contributed by atoms with E-state index in [2.05, 4.69) is 27.0 Å². The zero-order chi connectivity index (χ0) is 10.8. The highest BCUT2D eigenvalue weighted by molar-refractivity contribution is 5.70. The number of hydrogen-bond acceptors (Lipinski definition) is 0. The molecule has 2 unspecified atom stereocenters. The van der Waals surface area contributed by atoms with Crippen molar-refractivity contribution in [3.8, 4) is 0 Å². The molecule has 0 radical (unpaired) electrons. The summed E-state index contributed by atoms with van der Waals surface area (Å²) in [6.07, 6.45) is 6.80. The Kier molecular flexibility index (Phi) is 1.56. The highest BCUT2D eigenvalue weighted by Crippen LogP contribution is 2.81. The predicted octanol–water partition coefficient (Wildman–Crippen LogP) is 4.40. The van der Waals surface area contributed by atoms with Gasteiger partial charge in [0.2, 0.25) is 0 Å². The minimum absolute atomic E-state index is 0.366. The second-order valence-electron chi connectivity index (χ2n) is 5.58. The number of rotatable bonds is 0. The summed E-state index contributed by atoms with van der Waals surface area (Å²) in [7, 11) is 0. The standard InChI is InChI=1S/C15H20/c1-10-11(2)15-9-7-5-6-8-14(10,15)12(3)13(15)4/h1-2,5-9H2,3-4H3. The van der Waals surface area contributed by atoms with Crippen molar-refractivity contribution in [2.24, 2.45) is 10.8 Å². The lowest BCUT2D eigenvalue weighted by Crippen LogP contribution is -2.62. The Labute approximate surface area is 92.8 Å². The highest BCUT2D eigenvalue weighted by atomic mass is 14.7. The van der Waals surface area contributed by atoms with Gasteiger partial charge in [0.1, 0.15) is 0 Å². The van der Waals surface area contributed by atoms with E-state index < -0.39 is 0 Å². The summed E-state index contributed by atoms with van der Waals surface area (Å²) < 4.78 is 0. The van der Waals surface area contributed by atoms with Crippen LogP contribution in [0.1, 0.15) is 46.0 Å². The van der Waals surface area contributed by atoms with E-state index in [0.29, 0.717) is 10.8 Å². The van der Waals surface area contributed by atoms with Crippen LogP contribution in [0.25, 0.3) is 0 Å². The van der Waals surface area contributed by atoms with E-state index in [0.717, 1.165) is 0 Å². The van der Waals surface area contributed by atoms with Crippen LogP contribution >= 0.6 is 0 Å². The van der Waals surface area contributed by atoms with Crippen LogP contribution in [0.3, 0.4) is 0 Å². The molecule has 3 aliphatic rings. The quantitative estimate of drug-likeness (QED) is 0.508. The zero-order valence-corrected chi connectivity index (χ0v) is 9.95. The third kappa shape index (κ3) is 0.660. The second-order valence-corrected chi connectivity index (χ2v) is 5.58. The van der Waals surface area contributed by atoms with Crippen LogP contribution in [0.5, 0.6) is 0 Å². The minimum Gasteiger partial charge on any atom is -0.0946 e. The molecule has 2 saturated carbocycles. The molecule has 0 aromatic rings. The Bertz CT molecular complexity index is 372. The maximum Gasteiger partial charge on any atom is 0.0292 e. The van der Waals surface area contributed by atoms with Crippen LogP contribution in [0.15, 0.2) is 35.5 Å². The normalized spacial score (nSPS) is 43.9. The first kappa shape index (κ1) is 9.45. The molecule has 0 amide bonds. The van der Waals surface area contributed by atoms with Gasteiger partial charge in [-0.15, -0.1) is 0 Å². The van der Waals surface area contributed by atoms with Gasteiger partial charge < -0.3 is 0 Å². The fraction of sp³-hybridized carbons (Fsp3) is 0.600. The number of allylic oxidation sites excluding steroid dienone is 4. The van der Waals surface area contributed by atoms with Crippen molar-refractivity contribution in [2.75, 3.05) is 0 Å². The lowest BCUT2D eigenvalue weighted by molar-refractivity contribution is 0.0735. The molecule has 0 spiro atoms. The smallest absolute Gasteiger partial charge is 0.0292 e. The van der Waals surface area contributed by atoms with Crippen molar-refractivity contribution in [3.05, 3.63) is 35.5 Å². The average Bonchev–Trinajstić information content (AvgIpc) is 2.41. The summed E-state index contributed by atoms with van der Waals surface area (Å²) in [6, 6.07) is 0. The molecule has 0 heteroatoms. The molecule has 2 atom stereocenters. The van der Waals surface area contributed by atoms with Gasteiger partial charge in [0.15, 0.2) is 0 Å². The molecule has 3 rings (SSSR count). The van der Waals surface area contributed by atoms with Crippen LogP contribution in [0, 0.1) is 10.8 Å². The fourth-order valence-electron chi connectivity index (χ4n) is 4.70. The van der Waals surface area contributed by atoms with E-state index in [9.17, 15) is 0 Å². The van der Waals surface area contributed by atoms with Crippen LogP contribution in [-0.4, -0.2) is 0 Å². The summed E-state index contributed by atoms with van der Waals surface area (Å²) in [4.78, 5) is 0. The van der Waals surface area contributed by atoms with Gasteiger partial charge >= 0.3 is 0 Å². The molecule has 0 heterocycles. The first-order valence-corrected chi connectivity index (χ1v) is 6.16. The Hall–Kier alpha value is -0.780. The molecule has 0 saturated heterocycles. The van der Waals surface area contributed by atoms with E-state index in [-0.39, 0.29) is 0 Å². The SMILES string of the molecule is C=C1C(=C)C23CCCCCC12C(C)=C3C. The Morgan fingerprint density at radius 2 is 1.20 bits per heavy atom. The van der Waals surface area contributed by atoms with Crippen molar-refractivity contribution >= 4 is 0 Å². The van der Waals surface area contributed by atoms with Gasteiger partial charge in [0, 0.05) is 10.8 Å². The van der Waals surface area contributed by atoms with Crippen molar-refractivity contribution in [3.63, 3.8) is 0 Å². The number of hydrogen-bond donors (Lipinski definition) is 0. The molecule has 0 aromatic heterocycles. The van der Waals surface area contributed by atoms with Gasteiger partial charge in [-0.25, -0.2) is 0 Å². The van der Waals surface area contributed by atoms with E-state index in [1.807, 2.05) is 0 Å². The van der Waals surface area contributed by atoms with Crippen LogP contribution in [0.2, 0.25) is 0 Å². The summed E-state index contributed by atoms with van der Waals surface area (Å²) in [6.45, 7) is 13.2. The van der Waals surface area contributed by atoms with Crippen molar-refractivity contribution in [1.29, 1.82) is 0 Å². The Balaban J connectivity index is 2.19. The molecule has 0 nitrogen and oxygen atoms in total. The van der Waals surface area contributed by atoms with E-state index in [1.165, 1.54) is 43.3 Å². The molecule has 0 aromatic carbocycles. The molecular formula is C15H20. The van der Waals surface area contributed by atoms with Gasteiger partial charge in [-0.1, -0.05) is 43.6 Å². The van der Waals surface area contributed by atoms with Gasteiger partial charge in [-0.05, 0) is 37.8 Å². The summed E-state index contributed by atoms with van der Waals surface area (Å²) in [5.74, 6) is 0. The molecule has 3 aliphatic carbocycles. The first-order valence-electron chi connectivity index (χ1n) is 6.16. The lowest BCUT2D eigenvalue weighted by Gasteiger charge is -2.71. The summed E-state index contributed by atoms with van der Waals surface area (Å²) in [5.41, 5.74) is 6.67. The first-order chi connectivity index (χ1) is 7.09. The Morgan fingerprint density at radius 1 is 0.800 bits per heavy atom. The van der Waals surface area contributed by atoms with Gasteiger partial charge in [-0.3, -0.25) is 0 Å². The molecule has 0 aliphatic heterocycles. The zero-order valence-electron chi connectivity index (χ0n) is 9.95. The maximum atomic E-state index is 4.29. The molecule has 15 heavy (non-hydrogen) atoms. The third-order valence-electron chi connectivity index (χ3n) is 5.57. The molecule has 0 N–H and O–H groups in total. The monoisotopic (exact) mass is 200 g/mol. The average molecular weight is 200 g/mol. The fourth-order valence-corrected chi connectivity index (χ4v) is 4.70. The summed E-state index contributed by atoms with van der Waals surface area (Å²) in [5, 5.41) is 0. The maximum absolute atomic E-state index is 4.29. The van der Waals surface area contributed by atoms with Crippen LogP contribution in [0.4, 0.5) is 0 Å². The van der Waals surface area contributed by atoms with Gasteiger partial charge in [0.25, 0.3) is 0 Å². The van der Waals surface area contributed by atoms with E-state index in [4.69, 9.17) is 0 Å². The van der Waals surface area contributed by atoms with E-state index in [1.54, 1.807) is 11.1 Å². The van der Waals surface area contributed by atoms with Crippen molar-refractivity contribution < 1.29 is 0 Å². The van der Waals surface area contributed by atoms with E-state index >= 15 is 0 Å². The largest absolute Gasteiger partial charge is 0.0946 e. The van der Waals surface area contributed by atoms with Crippen LogP contribution in [-0.2, 0) is 0 Å². The Morgan fingerprint density at radius 3 is 1.60 bits per heavy atom. The van der Waals surface area contributed by atoms with Crippen LogP contribution < -0.4 is 0 Å².